The standard InChI is InChI=1S/C10H12N2O2/c1-3-8-4-12-7(2)10(14)9(8)5-11-6-13/h4,14H,3,5H2,1-2H3. The Hall–Kier alpha value is -1.67. The molecule has 1 rings (SSSR count). The first-order chi connectivity index (χ1) is 6.70. The highest BCUT2D eigenvalue weighted by molar-refractivity contribution is 5.42. The molecule has 0 aliphatic heterocycles. The number of hydrogen-bond donors (Lipinski definition) is 1. The minimum Gasteiger partial charge on any atom is -0.506 e. The summed E-state index contributed by atoms with van der Waals surface area (Å²) in [4.78, 5) is 17.5. The van der Waals surface area contributed by atoms with Crippen molar-refractivity contribution in [2.24, 2.45) is 4.99 Å². The van der Waals surface area contributed by atoms with Crippen LogP contribution >= 0.6 is 0 Å². The number of aliphatic imine (C=N–C) groups is 1. The van der Waals surface area contributed by atoms with Crippen molar-refractivity contribution in [2.75, 3.05) is 0 Å². The van der Waals surface area contributed by atoms with Gasteiger partial charge in [0.05, 0.1) is 12.2 Å². The lowest BCUT2D eigenvalue weighted by atomic mass is 10.1. The Labute approximate surface area is 82.3 Å². The van der Waals surface area contributed by atoms with Crippen molar-refractivity contribution in [2.45, 2.75) is 26.8 Å². The lowest BCUT2D eigenvalue weighted by Gasteiger charge is -2.08. The van der Waals surface area contributed by atoms with Crippen LogP contribution in [0, 0.1) is 6.92 Å². The fraction of sp³-hybridized carbons (Fsp3) is 0.400. The third kappa shape index (κ3) is 1.98. The average molecular weight is 192 g/mol. The van der Waals surface area contributed by atoms with Crippen LogP contribution in [-0.2, 0) is 17.8 Å². The van der Waals surface area contributed by atoms with Gasteiger partial charge in [0.25, 0.3) is 0 Å². The number of nitrogens with zero attached hydrogens (tertiary/aromatic N) is 2. The number of isocyanates is 1. The molecule has 0 aliphatic carbocycles. The topological polar surface area (TPSA) is 62.6 Å². The van der Waals surface area contributed by atoms with Crippen molar-refractivity contribution in [3.8, 4) is 5.75 Å². The van der Waals surface area contributed by atoms with Gasteiger partial charge in [0.15, 0.2) is 0 Å². The molecule has 1 heterocycles. The maximum absolute atomic E-state index is 9.99. The summed E-state index contributed by atoms with van der Waals surface area (Å²) in [6.45, 7) is 3.84. The first kappa shape index (κ1) is 10.4. The molecule has 1 aromatic heterocycles. The van der Waals surface area contributed by atoms with Crippen LogP contribution in [0.1, 0.15) is 23.7 Å². The van der Waals surface area contributed by atoms with Gasteiger partial charge in [-0.05, 0) is 18.9 Å². The van der Waals surface area contributed by atoms with Crippen LogP contribution in [0.3, 0.4) is 0 Å². The van der Waals surface area contributed by atoms with Gasteiger partial charge in [-0.25, -0.2) is 9.79 Å². The predicted octanol–water partition coefficient (Wildman–Crippen LogP) is 1.49. The Balaban J connectivity index is 3.20. The molecule has 1 N–H and O–H groups in total. The van der Waals surface area contributed by atoms with E-state index in [9.17, 15) is 9.90 Å². The zero-order chi connectivity index (χ0) is 10.6. The van der Waals surface area contributed by atoms with Crippen molar-refractivity contribution in [3.05, 3.63) is 23.0 Å². The summed E-state index contributed by atoms with van der Waals surface area (Å²) >= 11 is 0. The summed E-state index contributed by atoms with van der Waals surface area (Å²) in [6.07, 6.45) is 3.91. The number of pyridine rings is 1. The number of aromatic hydroxyl groups is 1. The van der Waals surface area contributed by atoms with Gasteiger partial charge in [-0.2, -0.15) is 0 Å². The van der Waals surface area contributed by atoms with Gasteiger partial charge < -0.3 is 5.11 Å². The highest BCUT2D eigenvalue weighted by Gasteiger charge is 2.09. The molecule has 0 saturated heterocycles. The highest BCUT2D eigenvalue weighted by Crippen LogP contribution is 2.24. The molecule has 0 amide bonds. The molecular formula is C10H12N2O2. The number of aryl methyl sites for hydroxylation is 2. The molecule has 74 valence electrons. The van der Waals surface area contributed by atoms with Crippen molar-refractivity contribution >= 4 is 6.08 Å². The van der Waals surface area contributed by atoms with Gasteiger partial charge in [-0.15, -0.1) is 0 Å². The fourth-order valence-electron chi connectivity index (χ4n) is 1.28. The van der Waals surface area contributed by atoms with Crippen molar-refractivity contribution < 1.29 is 9.90 Å². The van der Waals surface area contributed by atoms with Gasteiger partial charge >= 0.3 is 0 Å². The zero-order valence-electron chi connectivity index (χ0n) is 8.24. The van der Waals surface area contributed by atoms with Crippen LogP contribution in [0.2, 0.25) is 0 Å². The molecule has 0 unspecified atom stereocenters. The van der Waals surface area contributed by atoms with E-state index in [1.165, 1.54) is 6.08 Å². The van der Waals surface area contributed by atoms with Gasteiger partial charge in [0, 0.05) is 11.8 Å². The van der Waals surface area contributed by atoms with E-state index >= 15 is 0 Å². The van der Waals surface area contributed by atoms with E-state index in [4.69, 9.17) is 0 Å². The highest BCUT2D eigenvalue weighted by atomic mass is 16.3. The fourth-order valence-corrected chi connectivity index (χ4v) is 1.28. The number of rotatable bonds is 3. The van der Waals surface area contributed by atoms with E-state index < -0.39 is 0 Å². The van der Waals surface area contributed by atoms with Gasteiger partial charge in [-0.1, -0.05) is 6.92 Å². The Morgan fingerprint density at radius 2 is 2.36 bits per heavy atom. The molecule has 0 spiro atoms. The zero-order valence-corrected chi connectivity index (χ0v) is 8.24. The molecule has 0 atom stereocenters. The molecule has 14 heavy (non-hydrogen) atoms. The molecule has 4 nitrogen and oxygen atoms in total. The number of aromatic nitrogens is 1. The smallest absolute Gasteiger partial charge is 0.235 e. The molecule has 0 fully saturated rings. The maximum Gasteiger partial charge on any atom is 0.235 e. The van der Waals surface area contributed by atoms with Crippen molar-refractivity contribution in [3.63, 3.8) is 0 Å². The molecule has 4 heteroatoms. The molecular weight excluding hydrogens is 180 g/mol. The van der Waals surface area contributed by atoms with Gasteiger partial charge in [0.2, 0.25) is 6.08 Å². The van der Waals surface area contributed by atoms with E-state index in [-0.39, 0.29) is 12.3 Å². The van der Waals surface area contributed by atoms with E-state index in [0.29, 0.717) is 11.3 Å². The lowest BCUT2D eigenvalue weighted by Crippen LogP contribution is -1.96. The Kier molecular flexibility index (Phi) is 3.37. The summed E-state index contributed by atoms with van der Waals surface area (Å²) in [5.41, 5.74) is 2.13. The van der Waals surface area contributed by atoms with Gasteiger partial charge in [-0.3, -0.25) is 4.98 Å². The summed E-state index contributed by atoms with van der Waals surface area (Å²) in [5, 5.41) is 9.68. The second-order valence-corrected chi connectivity index (χ2v) is 2.96. The first-order valence-corrected chi connectivity index (χ1v) is 4.40. The summed E-state index contributed by atoms with van der Waals surface area (Å²) in [7, 11) is 0. The molecule has 0 aromatic carbocycles. The molecule has 0 saturated carbocycles. The summed E-state index contributed by atoms with van der Waals surface area (Å²) < 4.78 is 0. The van der Waals surface area contributed by atoms with Crippen molar-refractivity contribution in [1.82, 2.24) is 4.98 Å². The van der Waals surface area contributed by atoms with Crippen molar-refractivity contribution in [1.29, 1.82) is 0 Å². The first-order valence-electron chi connectivity index (χ1n) is 4.40. The average Bonchev–Trinajstić information content (AvgIpc) is 2.20. The van der Waals surface area contributed by atoms with Crippen LogP contribution in [0.25, 0.3) is 0 Å². The molecule has 0 aliphatic rings. The van der Waals surface area contributed by atoms with Crippen LogP contribution in [0.4, 0.5) is 0 Å². The lowest BCUT2D eigenvalue weighted by molar-refractivity contribution is 0.459. The maximum atomic E-state index is 9.99. The minimum absolute atomic E-state index is 0.128. The number of hydrogen-bond acceptors (Lipinski definition) is 4. The quantitative estimate of drug-likeness (QED) is 0.583. The van der Waals surface area contributed by atoms with E-state index in [2.05, 4.69) is 9.98 Å². The third-order valence-electron chi connectivity index (χ3n) is 2.11. The second-order valence-electron chi connectivity index (χ2n) is 2.96. The van der Waals surface area contributed by atoms with Crippen LogP contribution in [-0.4, -0.2) is 16.2 Å². The van der Waals surface area contributed by atoms with Crippen LogP contribution < -0.4 is 0 Å². The predicted molar refractivity (Wildman–Crippen MR) is 51.8 cm³/mol. The van der Waals surface area contributed by atoms with E-state index in [1.807, 2.05) is 6.92 Å². The molecule has 0 radical (unpaired) electrons. The van der Waals surface area contributed by atoms with Crippen LogP contribution in [0.5, 0.6) is 5.75 Å². The summed E-state index contributed by atoms with van der Waals surface area (Å²) in [6, 6.07) is 0. The second kappa shape index (κ2) is 4.53. The molecule has 1 aromatic rings. The normalized spacial score (nSPS) is 9.57. The monoisotopic (exact) mass is 192 g/mol. The van der Waals surface area contributed by atoms with E-state index in [1.54, 1.807) is 13.1 Å². The minimum atomic E-state index is 0.128. The van der Waals surface area contributed by atoms with E-state index in [0.717, 1.165) is 12.0 Å². The Bertz CT molecular complexity index is 382. The molecule has 0 bridgehead atoms. The van der Waals surface area contributed by atoms with Crippen LogP contribution in [0.15, 0.2) is 11.2 Å². The SMILES string of the molecule is CCc1cnc(C)c(O)c1CN=C=O. The third-order valence-corrected chi connectivity index (χ3v) is 2.11. The summed E-state index contributed by atoms with van der Waals surface area (Å²) in [5.74, 6) is 0.128. The Morgan fingerprint density at radius 1 is 1.64 bits per heavy atom. The Morgan fingerprint density at radius 3 is 2.93 bits per heavy atom. The largest absolute Gasteiger partial charge is 0.506 e. The number of carbonyl (C=O) groups excluding carboxylic acids is 1. The van der Waals surface area contributed by atoms with Gasteiger partial charge in [0.1, 0.15) is 5.75 Å².